The molecule has 0 aliphatic heterocycles. The van der Waals surface area contributed by atoms with Crippen molar-refractivity contribution in [2.75, 3.05) is 13.6 Å². The number of hydrogen-bond acceptors (Lipinski definition) is 4. The zero-order valence-electron chi connectivity index (χ0n) is 12.8. The van der Waals surface area contributed by atoms with Crippen LogP contribution < -0.4 is 10.6 Å². The molecule has 0 aliphatic carbocycles. The quantitative estimate of drug-likeness (QED) is 0.858. The van der Waals surface area contributed by atoms with Crippen molar-refractivity contribution in [1.82, 2.24) is 15.6 Å². The Balaban J connectivity index is 0.00000220. The van der Waals surface area contributed by atoms with E-state index < -0.39 is 0 Å². The minimum absolute atomic E-state index is 0. The molecule has 122 valence electrons. The molecule has 2 N–H and O–H groups in total. The number of amides is 1. The topological polar surface area (TPSA) is 54.0 Å². The maximum absolute atomic E-state index is 12.2. The van der Waals surface area contributed by atoms with Gasteiger partial charge < -0.3 is 10.6 Å². The number of hydrogen-bond donors (Lipinski definition) is 2. The van der Waals surface area contributed by atoms with Crippen LogP contribution in [0, 0.1) is 6.92 Å². The minimum atomic E-state index is -0.0516. The third kappa shape index (κ3) is 5.25. The molecular formula is C15H21Cl2N3OS. The molecule has 0 fully saturated rings. The van der Waals surface area contributed by atoms with Crippen LogP contribution in [0.5, 0.6) is 0 Å². The van der Waals surface area contributed by atoms with Crippen LogP contribution in [0.3, 0.4) is 0 Å². The highest BCUT2D eigenvalue weighted by atomic mass is 35.5. The highest BCUT2D eigenvalue weighted by Crippen LogP contribution is 2.27. The number of benzene rings is 1. The van der Waals surface area contributed by atoms with Crippen molar-refractivity contribution >= 4 is 42.1 Å². The number of aryl methyl sites for hydroxylation is 1. The van der Waals surface area contributed by atoms with Crippen LogP contribution >= 0.6 is 36.2 Å². The van der Waals surface area contributed by atoms with E-state index >= 15 is 0 Å². The van der Waals surface area contributed by atoms with Crippen LogP contribution in [-0.2, 0) is 0 Å². The SMILES string of the molecule is CNC(C)CNC(=O)c1sc(-c2ccccc2)nc1C.Cl.Cl. The molecule has 0 spiro atoms. The molecule has 7 heteroatoms. The van der Waals surface area contributed by atoms with E-state index in [1.165, 1.54) is 11.3 Å². The van der Waals surface area contributed by atoms with E-state index in [2.05, 4.69) is 15.6 Å². The molecule has 4 nitrogen and oxygen atoms in total. The average molecular weight is 362 g/mol. The van der Waals surface area contributed by atoms with Gasteiger partial charge in [-0.25, -0.2) is 4.98 Å². The van der Waals surface area contributed by atoms with E-state index in [-0.39, 0.29) is 36.8 Å². The first-order valence-electron chi connectivity index (χ1n) is 6.60. The van der Waals surface area contributed by atoms with Crippen LogP contribution in [-0.4, -0.2) is 30.5 Å². The summed E-state index contributed by atoms with van der Waals surface area (Å²) < 4.78 is 0. The van der Waals surface area contributed by atoms with Crippen molar-refractivity contribution in [1.29, 1.82) is 0 Å². The fourth-order valence-corrected chi connectivity index (χ4v) is 2.73. The third-order valence-electron chi connectivity index (χ3n) is 3.09. The Morgan fingerprint density at radius 3 is 2.50 bits per heavy atom. The van der Waals surface area contributed by atoms with Crippen LogP contribution in [0.2, 0.25) is 0 Å². The van der Waals surface area contributed by atoms with Gasteiger partial charge in [0.25, 0.3) is 5.91 Å². The number of nitrogens with zero attached hydrogens (tertiary/aromatic N) is 1. The van der Waals surface area contributed by atoms with Gasteiger partial charge in [0.05, 0.1) is 5.69 Å². The van der Waals surface area contributed by atoms with Crippen molar-refractivity contribution < 1.29 is 4.79 Å². The van der Waals surface area contributed by atoms with E-state index in [1.807, 2.05) is 51.2 Å². The maximum Gasteiger partial charge on any atom is 0.263 e. The smallest absolute Gasteiger partial charge is 0.263 e. The van der Waals surface area contributed by atoms with E-state index in [1.54, 1.807) is 0 Å². The summed E-state index contributed by atoms with van der Waals surface area (Å²) >= 11 is 1.44. The first-order valence-corrected chi connectivity index (χ1v) is 7.41. The Hall–Kier alpha value is -1.14. The molecule has 1 atom stereocenters. The highest BCUT2D eigenvalue weighted by Gasteiger charge is 2.16. The van der Waals surface area contributed by atoms with Gasteiger partial charge in [-0.15, -0.1) is 36.2 Å². The van der Waals surface area contributed by atoms with E-state index in [4.69, 9.17) is 0 Å². The number of carbonyl (C=O) groups excluding carboxylic acids is 1. The number of rotatable bonds is 5. The summed E-state index contributed by atoms with van der Waals surface area (Å²) in [5.74, 6) is -0.0516. The number of carbonyl (C=O) groups is 1. The first-order chi connectivity index (χ1) is 9.61. The number of nitrogens with one attached hydrogen (secondary N) is 2. The minimum Gasteiger partial charge on any atom is -0.350 e. The lowest BCUT2D eigenvalue weighted by Gasteiger charge is -2.10. The van der Waals surface area contributed by atoms with Crippen molar-refractivity contribution in [2.24, 2.45) is 0 Å². The molecule has 22 heavy (non-hydrogen) atoms. The molecule has 1 aromatic carbocycles. The van der Waals surface area contributed by atoms with Crippen LogP contribution in [0.25, 0.3) is 10.6 Å². The third-order valence-corrected chi connectivity index (χ3v) is 4.29. The lowest BCUT2D eigenvalue weighted by molar-refractivity contribution is 0.0954. The zero-order chi connectivity index (χ0) is 14.5. The Bertz CT molecular complexity index is 590. The van der Waals surface area contributed by atoms with Crippen molar-refractivity contribution in [3.05, 3.63) is 40.9 Å². The van der Waals surface area contributed by atoms with Crippen LogP contribution in [0.1, 0.15) is 22.3 Å². The molecule has 0 saturated heterocycles. The molecule has 1 unspecified atom stereocenters. The standard InChI is InChI=1S/C15H19N3OS.2ClH/c1-10(16-3)9-17-14(19)13-11(2)18-15(20-13)12-7-5-4-6-8-12;;/h4-8,10,16H,9H2,1-3H3,(H,17,19);2*1H. The van der Waals surface area contributed by atoms with Crippen molar-refractivity contribution in [3.8, 4) is 10.6 Å². The monoisotopic (exact) mass is 361 g/mol. The molecule has 1 aromatic heterocycles. The normalized spacial score (nSPS) is 11.0. The molecule has 0 saturated carbocycles. The van der Waals surface area contributed by atoms with E-state index in [9.17, 15) is 4.79 Å². The van der Waals surface area contributed by atoms with Crippen LogP contribution in [0.4, 0.5) is 0 Å². The second-order valence-corrected chi connectivity index (χ2v) is 5.70. The van der Waals surface area contributed by atoms with Gasteiger partial charge in [0.1, 0.15) is 9.88 Å². The largest absolute Gasteiger partial charge is 0.350 e. The summed E-state index contributed by atoms with van der Waals surface area (Å²) in [6.07, 6.45) is 0. The summed E-state index contributed by atoms with van der Waals surface area (Å²) in [6, 6.07) is 10.2. The molecule has 2 rings (SSSR count). The summed E-state index contributed by atoms with van der Waals surface area (Å²) in [4.78, 5) is 17.3. The van der Waals surface area contributed by atoms with Crippen molar-refractivity contribution in [3.63, 3.8) is 0 Å². The molecule has 0 aliphatic rings. The number of likely N-dealkylation sites (N-methyl/N-ethyl adjacent to an activating group) is 1. The summed E-state index contributed by atoms with van der Waals surface area (Å²) in [5, 5.41) is 6.90. The van der Waals surface area contributed by atoms with Gasteiger partial charge in [-0.3, -0.25) is 4.79 Å². The molecule has 0 radical (unpaired) electrons. The Kier molecular flexibility index (Phi) is 9.28. The van der Waals surface area contributed by atoms with Gasteiger partial charge in [0.2, 0.25) is 0 Å². The van der Waals surface area contributed by atoms with E-state index in [0.717, 1.165) is 16.3 Å². The molecular weight excluding hydrogens is 341 g/mol. The summed E-state index contributed by atoms with van der Waals surface area (Å²) in [6.45, 7) is 4.50. The second-order valence-electron chi connectivity index (χ2n) is 4.70. The predicted octanol–water partition coefficient (Wildman–Crippen LogP) is 3.30. The number of aromatic nitrogens is 1. The van der Waals surface area contributed by atoms with Crippen LogP contribution in [0.15, 0.2) is 30.3 Å². The molecule has 0 bridgehead atoms. The fraction of sp³-hybridized carbons (Fsp3) is 0.333. The first kappa shape index (κ1) is 20.9. The molecule has 2 aromatic rings. The second kappa shape index (κ2) is 9.79. The maximum atomic E-state index is 12.2. The van der Waals surface area contributed by atoms with Crippen molar-refractivity contribution in [2.45, 2.75) is 19.9 Å². The fourth-order valence-electron chi connectivity index (χ4n) is 1.74. The molecule has 1 amide bonds. The predicted molar refractivity (Wildman–Crippen MR) is 97.6 cm³/mol. The summed E-state index contributed by atoms with van der Waals surface area (Å²) in [5.41, 5.74) is 1.83. The lowest BCUT2D eigenvalue weighted by Crippen LogP contribution is -2.37. The summed E-state index contributed by atoms with van der Waals surface area (Å²) in [7, 11) is 1.88. The highest BCUT2D eigenvalue weighted by molar-refractivity contribution is 7.17. The Morgan fingerprint density at radius 1 is 1.27 bits per heavy atom. The average Bonchev–Trinajstić information content (AvgIpc) is 2.87. The Labute approximate surface area is 147 Å². The van der Waals surface area contributed by atoms with Gasteiger partial charge in [-0.1, -0.05) is 30.3 Å². The zero-order valence-corrected chi connectivity index (χ0v) is 15.2. The van der Waals surface area contributed by atoms with Gasteiger partial charge in [-0.05, 0) is 20.9 Å². The number of halogens is 2. The van der Waals surface area contributed by atoms with Gasteiger partial charge >= 0.3 is 0 Å². The molecule has 1 heterocycles. The lowest BCUT2D eigenvalue weighted by atomic mass is 10.2. The number of thiazole rings is 1. The Morgan fingerprint density at radius 2 is 1.91 bits per heavy atom. The van der Waals surface area contributed by atoms with Gasteiger partial charge in [-0.2, -0.15) is 0 Å². The van der Waals surface area contributed by atoms with E-state index in [0.29, 0.717) is 11.4 Å². The van der Waals surface area contributed by atoms with Gasteiger partial charge in [0.15, 0.2) is 0 Å². The van der Waals surface area contributed by atoms with Gasteiger partial charge in [0, 0.05) is 18.2 Å².